The quantitative estimate of drug-likeness (QED) is 0.0294. The van der Waals surface area contributed by atoms with E-state index < -0.39 is 69.1 Å². The molecule has 12 atom stereocenters. The zero-order valence-electron chi connectivity index (χ0n) is 71.7. The largest absolute Gasteiger partial charge is 0.493 e. The molecule has 14 rings (SSSR count). The first kappa shape index (κ1) is 96.6. The maximum absolute atomic E-state index is 14.0. The van der Waals surface area contributed by atoms with Crippen molar-refractivity contribution in [2.24, 2.45) is 35.5 Å². The lowest BCUT2D eigenvalue weighted by atomic mass is 9.74. The van der Waals surface area contributed by atoms with Crippen molar-refractivity contribution in [2.75, 3.05) is 61.3 Å². The van der Waals surface area contributed by atoms with Gasteiger partial charge in [0.05, 0.1) is 75.7 Å². The van der Waals surface area contributed by atoms with E-state index in [2.05, 4.69) is 35.0 Å². The summed E-state index contributed by atoms with van der Waals surface area (Å²) in [6.07, 6.45) is 31.5. The first-order chi connectivity index (χ1) is 58.7. The highest BCUT2D eigenvalue weighted by Crippen LogP contribution is 2.46. The summed E-state index contributed by atoms with van der Waals surface area (Å²) in [7, 11) is 1.49. The normalized spacial score (nSPS) is 22.8. The lowest BCUT2D eigenvalue weighted by Gasteiger charge is -2.32. The number of hydrogen-bond donors (Lipinski definition) is 2. The Labute approximate surface area is 715 Å². The van der Waals surface area contributed by atoms with Crippen LogP contribution in [0.4, 0.5) is 26.3 Å². The number of methoxy groups -OCH3 is 4. The Kier molecular flexibility index (Phi) is 38.1. The van der Waals surface area contributed by atoms with Crippen molar-refractivity contribution in [3.05, 3.63) is 230 Å². The number of hydrogen-bond acceptors (Lipinski definition) is 16. The predicted octanol–water partition coefficient (Wildman–Crippen LogP) is 23.4. The molecule has 6 saturated carbocycles. The average molecular weight is 1720 g/mol. The number of aliphatic hydroxyl groups is 1. The Bertz CT molecular complexity index is 4590. The fraction of sp³-hybridized carbons (Fsp3) is 0.520. The van der Waals surface area contributed by atoms with Crippen molar-refractivity contribution < 1.29 is 106 Å². The molecule has 664 valence electrons. The van der Waals surface area contributed by atoms with Crippen LogP contribution in [0.2, 0.25) is 0 Å². The first-order valence-electron chi connectivity index (χ1n) is 43.5. The van der Waals surface area contributed by atoms with E-state index in [4.69, 9.17) is 28.2 Å². The third kappa shape index (κ3) is 27.1. The van der Waals surface area contributed by atoms with Gasteiger partial charge in [0, 0.05) is 12.7 Å². The molecule has 0 bridgehead atoms. The van der Waals surface area contributed by atoms with Crippen molar-refractivity contribution in [3.8, 4) is 17.2 Å². The van der Waals surface area contributed by atoms with Gasteiger partial charge in [-0.1, -0.05) is 160 Å². The maximum Gasteiger partial charge on any atom is 0.340 e. The molecule has 122 heavy (non-hydrogen) atoms. The summed E-state index contributed by atoms with van der Waals surface area (Å²) in [5.74, 6) is -0.132. The first-order valence-corrected chi connectivity index (χ1v) is 45.3. The van der Waals surface area contributed by atoms with Crippen molar-refractivity contribution in [3.63, 3.8) is 0 Å². The highest BCUT2D eigenvalue weighted by atomic mass is 32.2. The number of carboxylic acid groups (broad SMARTS) is 1. The van der Waals surface area contributed by atoms with E-state index in [-0.39, 0.29) is 89.1 Å². The summed E-state index contributed by atoms with van der Waals surface area (Å²) in [6, 6.07) is 35.9. The van der Waals surface area contributed by atoms with E-state index in [1.807, 2.05) is 36.4 Å². The van der Waals surface area contributed by atoms with Gasteiger partial charge in [-0.3, -0.25) is 4.18 Å². The summed E-state index contributed by atoms with van der Waals surface area (Å²) >= 11 is 0. The monoisotopic (exact) mass is 1720 g/mol. The number of carbonyl (C=O) groups is 5. The van der Waals surface area contributed by atoms with Crippen molar-refractivity contribution in [1.29, 1.82) is 0 Å². The van der Waals surface area contributed by atoms with E-state index in [1.54, 1.807) is 54.6 Å². The van der Waals surface area contributed by atoms with Crippen LogP contribution in [0.25, 0.3) is 0 Å². The minimum absolute atomic E-state index is 0.0130. The van der Waals surface area contributed by atoms with Gasteiger partial charge in [-0.2, -0.15) is 8.42 Å². The molecule has 0 radical (unpaired) electrons. The fourth-order valence-electron chi connectivity index (χ4n) is 19.2. The molecule has 0 spiro atoms. The fourth-order valence-corrected chi connectivity index (χ4v) is 19.6. The van der Waals surface area contributed by atoms with E-state index in [9.17, 15) is 63.8 Å². The van der Waals surface area contributed by atoms with Gasteiger partial charge >= 0.3 is 29.8 Å². The summed E-state index contributed by atoms with van der Waals surface area (Å²) < 4.78 is 144. The van der Waals surface area contributed by atoms with Gasteiger partial charge in [-0.15, -0.1) is 0 Å². The van der Waals surface area contributed by atoms with E-state index in [0.29, 0.717) is 41.9 Å². The van der Waals surface area contributed by atoms with E-state index in [1.165, 1.54) is 147 Å². The Morgan fingerprint density at radius 3 is 0.984 bits per heavy atom. The molecule has 24 heteroatoms. The van der Waals surface area contributed by atoms with Gasteiger partial charge in [0.2, 0.25) is 6.79 Å². The minimum Gasteiger partial charge on any atom is -0.493 e. The molecule has 0 saturated heterocycles. The molecular weight excluding hydrogens is 1600 g/mol. The average Bonchev–Trinajstić information content (AvgIpc) is 0.906. The Balaban J connectivity index is 0.000000168. The third-order valence-corrected chi connectivity index (χ3v) is 26.4. The standard InChI is InChI=1S/C22H23FO5.C16H21FO5S.C16H21FO2.C15H19FO3.C15H19FO2.C14H19F/c1-25-22(24)18-10-14(6-8-19(18)23)17-5-3-2-4-15(17)12-26-16-7-9-20-21(11-16)28-13-27-20;1-21-16(18)14-9-11(7-8-15(14)17)13-6-4-3-5-12(13)10-22-23(2,19)20;1-3-11-6-4-5-7-13(11)12-8-9-15(17)14(10-12)16(18)19-2;1-19-15(18)13-8-10(6-7-14(13)16)12-5-3-2-4-11(12)9-17;1-2-10-5-3-4-6-12(10)11-7-8-14(16)13(9-11)15(17)18;1-2-11-5-3-4-6-14(11)12-7-9-13(15)10-8-12/h6-11,15,17H,2-5,12-13H2,1H3;7-9,12-13H,3-6,10H2,1-2H3;8-11,13H,3-7H2,1-2H3;6-8,11-12,17H,2-5,9H2,1H3;7-10,12H,2-6H2,1H3,(H,17,18);7-11,14H,2-6H2,1H3/t15-,17-;12-,13-;11-,13-;11-,12-;10-,12-;11-,14-/m001011/s1. The number of esters is 4. The van der Waals surface area contributed by atoms with Crippen LogP contribution in [0.15, 0.2) is 133 Å². The predicted molar refractivity (Wildman–Crippen MR) is 456 cm³/mol. The van der Waals surface area contributed by atoms with Gasteiger partial charge < -0.3 is 43.4 Å². The minimum atomic E-state index is -3.50. The molecule has 7 aliphatic rings. The molecule has 17 nitrogen and oxygen atoms in total. The van der Waals surface area contributed by atoms with Gasteiger partial charge in [0.25, 0.3) is 10.1 Å². The molecule has 0 unspecified atom stereocenters. The van der Waals surface area contributed by atoms with Crippen molar-refractivity contribution in [1.82, 2.24) is 0 Å². The molecule has 6 aliphatic carbocycles. The molecule has 2 N–H and O–H groups in total. The van der Waals surface area contributed by atoms with Gasteiger partial charge in [-0.25, -0.2) is 50.3 Å². The number of fused-ring (bicyclic) bond motifs is 1. The third-order valence-electron chi connectivity index (χ3n) is 25.8. The zero-order valence-corrected chi connectivity index (χ0v) is 72.6. The number of benzene rings is 7. The van der Waals surface area contributed by atoms with Crippen LogP contribution >= 0.6 is 0 Å². The molecule has 0 aromatic heterocycles. The number of halogens is 6. The molecule has 6 fully saturated rings. The highest BCUT2D eigenvalue weighted by Gasteiger charge is 2.35. The van der Waals surface area contributed by atoms with Gasteiger partial charge in [-0.05, 0) is 266 Å². The molecule has 7 aromatic rings. The van der Waals surface area contributed by atoms with Crippen LogP contribution in [0.1, 0.15) is 315 Å². The second-order valence-corrected chi connectivity index (χ2v) is 34.8. The number of aromatic carboxylic acids is 1. The smallest absolute Gasteiger partial charge is 0.340 e. The number of rotatable bonds is 21. The highest BCUT2D eigenvalue weighted by molar-refractivity contribution is 7.86. The van der Waals surface area contributed by atoms with Crippen molar-refractivity contribution >= 4 is 40.0 Å². The summed E-state index contributed by atoms with van der Waals surface area (Å²) in [4.78, 5) is 57.5. The number of aliphatic hydroxyl groups excluding tert-OH is 1. The molecular formula is C98H122F6O17S. The maximum atomic E-state index is 14.0. The van der Waals surface area contributed by atoms with Crippen molar-refractivity contribution in [2.45, 2.75) is 230 Å². The van der Waals surface area contributed by atoms with Gasteiger partial charge in [0.15, 0.2) is 11.5 Å². The second-order valence-electron chi connectivity index (χ2n) is 33.1. The molecule has 7 aromatic carbocycles. The molecule has 1 heterocycles. The lowest BCUT2D eigenvalue weighted by Crippen LogP contribution is -2.24. The second kappa shape index (κ2) is 48.1. The molecule has 1 aliphatic heterocycles. The number of carboxylic acids is 1. The zero-order chi connectivity index (χ0) is 88.0. The summed E-state index contributed by atoms with van der Waals surface area (Å²) in [6.45, 7) is 7.67. The summed E-state index contributed by atoms with van der Waals surface area (Å²) in [5, 5.41) is 18.4. The van der Waals surface area contributed by atoms with E-state index in [0.717, 1.165) is 154 Å². The van der Waals surface area contributed by atoms with Crippen LogP contribution in [-0.2, 0) is 33.2 Å². The summed E-state index contributed by atoms with van der Waals surface area (Å²) in [5.41, 5.74) is 5.81. The van der Waals surface area contributed by atoms with Gasteiger partial charge in [0.1, 0.15) is 40.7 Å². The van der Waals surface area contributed by atoms with Crippen LogP contribution in [0, 0.1) is 70.4 Å². The van der Waals surface area contributed by atoms with Crippen LogP contribution < -0.4 is 14.2 Å². The Morgan fingerprint density at radius 1 is 0.361 bits per heavy atom. The number of ether oxygens (including phenoxy) is 7. The Hall–Kier alpha value is -9.26. The lowest BCUT2D eigenvalue weighted by molar-refractivity contribution is 0.0586. The Morgan fingerprint density at radius 2 is 0.648 bits per heavy atom. The topological polar surface area (TPSA) is 234 Å². The SMILES string of the molecule is CC[C@@H]1CCCC[C@H]1c1ccc(F)c(C(=O)O)c1.CC[C@@H]1CCCC[C@H]1c1ccc(F)c(C(=O)OC)c1.CC[C@@H]1CCCC[C@H]1c1ccc(F)cc1.COC(=O)c1cc([C@@H]2CCCC[C@H]2CO)ccc1F.COC(=O)c1cc([C@@H]2CCCC[C@H]2COS(C)(=O)=O)ccc1F.COC(=O)c1cc([C@@H]2CCCC[C@H]2COc2ccc3c(c2)OCO3)ccc1F. The van der Waals surface area contributed by atoms with Crippen LogP contribution in [0.3, 0.4) is 0 Å². The van der Waals surface area contributed by atoms with Crippen LogP contribution in [-0.4, -0.2) is 110 Å². The molecule has 0 amide bonds. The van der Waals surface area contributed by atoms with Crippen LogP contribution in [0.5, 0.6) is 17.2 Å². The number of carbonyl (C=O) groups excluding carboxylic acids is 4. The van der Waals surface area contributed by atoms with E-state index >= 15 is 0 Å².